The number of aryl methyl sites for hydroxylation is 2. The maximum atomic E-state index is 5.98. The van der Waals surface area contributed by atoms with E-state index in [2.05, 4.69) is 50.9 Å². The largest absolute Gasteiger partial charge is 0.368 e. The number of benzene rings is 1. The number of nitrogens with zero attached hydrogens (tertiary/aromatic N) is 4. The molecule has 0 amide bonds. The van der Waals surface area contributed by atoms with Crippen LogP contribution >= 0.6 is 0 Å². The molecule has 1 aliphatic carbocycles. The van der Waals surface area contributed by atoms with E-state index in [0.29, 0.717) is 0 Å². The number of fused-ring (bicyclic) bond motifs is 1. The molecule has 2 heterocycles. The molecule has 1 fully saturated rings. The van der Waals surface area contributed by atoms with E-state index in [1.165, 1.54) is 19.3 Å². The fourth-order valence-corrected chi connectivity index (χ4v) is 4.08. The Hall–Kier alpha value is -1.72. The monoisotopic (exact) mass is 326 g/mol. The van der Waals surface area contributed by atoms with Gasteiger partial charge in [-0.15, -0.1) is 10.2 Å². The standard InChI is InChI=1S/C19H26N4O/c1-2-23-14-20-21-19(23)18-13-22(9-10-24-18)12-15-7-8-16-5-3-4-6-17(16)11-15/h3-6,14-15,18H,2,7-13H2,1H3/t15-,18+/m1/s1. The van der Waals surface area contributed by atoms with Crippen LogP contribution in [0, 0.1) is 5.92 Å². The minimum atomic E-state index is 0.0528. The lowest BCUT2D eigenvalue weighted by Crippen LogP contribution is -2.42. The molecule has 0 spiro atoms. The van der Waals surface area contributed by atoms with Gasteiger partial charge < -0.3 is 9.30 Å². The second kappa shape index (κ2) is 7.03. The third kappa shape index (κ3) is 3.23. The van der Waals surface area contributed by atoms with Crippen LogP contribution in [0.15, 0.2) is 30.6 Å². The number of morpholine rings is 1. The van der Waals surface area contributed by atoms with Gasteiger partial charge in [-0.05, 0) is 43.2 Å². The molecule has 24 heavy (non-hydrogen) atoms. The maximum Gasteiger partial charge on any atom is 0.163 e. The molecule has 1 aromatic carbocycles. The van der Waals surface area contributed by atoms with Gasteiger partial charge >= 0.3 is 0 Å². The highest BCUT2D eigenvalue weighted by Gasteiger charge is 2.28. The van der Waals surface area contributed by atoms with Crippen molar-refractivity contribution in [1.82, 2.24) is 19.7 Å². The molecule has 1 aromatic heterocycles. The first-order valence-electron chi connectivity index (χ1n) is 9.12. The first-order chi connectivity index (χ1) is 11.8. The second-order valence-electron chi connectivity index (χ2n) is 6.97. The van der Waals surface area contributed by atoms with Gasteiger partial charge in [0.05, 0.1) is 6.61 Å². The Labute approximate surface area is 143 Å². The van der Waals surface area contributed by atoms with Crippen LogP contribution in [0.5, 0.6) is 0 Å². The Morgan fingerprint density at radius 3 is 3.00 bits per heavy atom. The predicted octanol–water partition coefficient (Wildman–Crippen LogP) is 2.48. The van der Waals surface area contributed by atoms with Crippen molar-refractivity contribution in [3.8, 4) is 0 Å². The van der Waals surface area contributed by atoms with E-state index < -0.39 is 0 Å². The summed E-state index contributed by atoms with van der Waals surface area (Å²) in [5.74, 6) is 1.72. The average molecular weight is 326 g/mol. The third-order valence-electron chi connectivity index (χ3n) is 5.39. The van der Waals surface area contributed by atoms with Crippen LogP contribution in [0.4, 0.5) is 0 Å². The quantitative estimate of drug-likeness (QED) is 0.866. The minimum absolute atomic E-state index is 0.0528. The van der Waals surface area contributed by atoms with E-state index in [9.17, 15) is 0 Å². The molecule has 5 heteroatoms. The van der Waals surface area contributed by atoms with Crippen LogP contribution in [0.1, 0.15) is 36.4 Å². The SMILES string of the molecule is CCn1cnnc1[C@@H]1CN(C[C@@H]2CCc3ccccc3C2)CCO1. The van der Waals surface area contributed by atoms with Crippen LogP contribution in [-0.4, -0.2) is 45.9 Å². The van der Waals surface area contributed by atoms with Crippen molar-refractivity contribution in [2.75, 3.05) is 26.2 Å². The number of hydrogen-bond acceptors (Lipinski definition) is 4. The van der Waals surface area contributed by atoms with Crippen LogP contribution in [0.3, 0.4) is 0 Å². The Kier molecular flexibility index (Phi) is 4.63. The molecule has 2 atom stereocenters. The van der Waals surface area contributed by atoms with E-state index >= 15 is 0 Å². The maximum absolute atomic E-state index is 5.98. The zero-order valence-corrected chi connectivity index (χ0v) is 14.4. The van der Waals surface area contributed by atoms with Gasteiger partial charge in [-0.25, -0.2) is 0 Å². The lowest BCUT2D eigenvalue weighted by Gasteiger charge is -2.36. The third-order valence-corrected chi connectivity index (χ3v) is 5.39. The van der Waals surface area contributed by atoms with Crippen molar-refractivity contribution in [3.63, 3.8) is 0 Å². The average Bonchev–Trinajstić information content (AvgIpc) is 3.11. The highest BCUT2D eigenvalue weighted by molar-refractivity contribution is 5.29. The molecule has 0 unspecified atom stereocenters. The topological polar surface area (TPSA) is 43.2 Å². The molecule has 0 bridgehead atoms. The van der Waals surface area contributed by atoms with Gasteiger partial charge in [0, 0.05) is 26.2 Å². The normalized spacial score (nSPS) is 24.7. The summed E-state index contributed by atoms with van der Waals surface area (Å²) in [5.41, 5.74) is 3.09. The zero-order chi connectivity index (χ0) is 16.4. The molecule has 2 aromatic rings. The highest BCUT2D eigenvalue weighted by atomic mass is 16.5. The van der Waals surface area contributed by atoms with Crippen molar-refractivity contribution in [1.29, 1.82) is 0 Å². The first kappa shape index (κ1) is 15.8. The summed E-state index contributed by atoms with van der Waals surface area (Å²) < 4.78 is 8.06. The Morgan fingerprint density at radius 1 is 1.25 bits per heavy atom. The fraction of sp³-hybridized carbons (Fsp3) is 0.579. The van der Waals surface area contributed by atoms with Crippen molar-refractivity contribution in [2.45, 2.75) is 38.8 Å². The van der Waals surface area contributed by atoms with E-state index in [-0.39, 0.29) is 6.10 Å². The molecular weight excluding hydrogens is 300 g/mol. The van der Waals surface area contributed by atoms with E-state index in [1.807, 2.05) is 0 Å². The Morgan fingerprint density at radius 2 is 2.12 bits per heavy atom. The smallest absolute Gasteiger partial charge is 0.163 e. The first-order valence-corrected chi connectivity index (χ1v) is 9.12. The summed E-state index contributed by atoms with van der Waals surface area (Å²) in [6, 6.07) is 8.92. The molecule has 4 rings (SSSR count). The van der Waals surface area contributed by atoms with Crippen molar-refractivity contribution >= 4 is 0 Å². The predicted molar refractivity (Wildman–Crippen MR) is 92.8 cm³/mol. The van der Waals surface area contributed by atoms with Gasteiger partial charge in [-0.2, -0.15) is 0 Å². The molecule has 1 aliphatic heterocycles. The van der Waals surface area contributed by atoms with Gasteiger partial charge in [0.25, 0.3) is 0 Å². The van der Waals surface area contributed by atoms with Gasteiger partial charge in [-0.3, -0.25) is 4.90 Å². The van der Waals surface area contributed by atoms with Crippen LogP contribution in [-0.2, 0) is 24.1 Å². The molecule has 0 N–H and O–H groups in total. The van der Waals surface area contributed by atoms with Gasteiger partial charge in [0.15, 0.2) is 5.82 Å². The van der Waals surface area contributed by atoms with Crippen molar-refractivity contribution in [3.05, 3.63) is 47.5 Å². The van der Waals surface area contributed by atoms with Crippen molar-refractivity contribution in [2.24, 2.45) is 5.92 Å². The molecule has 5 nitrogen and oxygen atoms in total. The number of ether oxygens (including phenoxy) is 1. The molecule has 2 aliphatic rings. The molecule has 0 radical (unpaired) electrons. The van der Waals surface area contributed by atoms with Gasteiger partial charge in [0.1, 0.15) is 12.4 Å². The molecule has 0 saturated carbocycles. The molecule has 128 valence electrons. The van der Waals surface area contributed by atoms with E-state index in [4.69, 9.17) is 4.74 Å². The highest BCUT2D eigenvalue weighted by Crippen LogP contribution is 2.28. The second-order valence-corrected chi connectivity index (χ2v) is 6.97. The number of hydrogen-bond donors (Lipinski definition) is 0. The van der Waals surface area contributed by atoms with E-state index in [1.54, 1.807) is 17.5 Å². The van der Waals surface area contributed by atoms with E-state index in [0.717, 1.165) is 44.5 Å². The van der Waals surface area contributed by atoms with Crippen LogP contribution in [0.2, 0.25) is 0 Å². The minimum Gasteiger partial charge on any atom is -0.368 e. The zero-order valence-electron chi connectivity index (χ0n) is 14.4. The summed E-state index contributed by atoms with van der Waals surface area (Å²) in [5, 5.41) is 8.33. The summed E-state index contributed by atoms with van der Waals surface area (Å²) >= 11 is 0. The Bertz CT molecular complexity index is 684. The number of aromatic nitrogens is 3. The lowest BCUT2D eigenvalue weighted by atomic mass is 9.83. The fourth-order valence-electron chi connectivity index (χ4n) is 4.08. The van der Waals surface area contributed by atoms with Crippen LogP contribution < -0.4 is 0 Å². The summed E-state index contributed by atoms with van der Waals surface area (Å²) in [4.78, 5) is 2.56. The van der Waals surface area contributed by atoms with Crippen LogP contribution in [0.25, 0.3) is 0 Å². The summed E-state index contributed by atoms with van der Waals surface area (Å²) in [6.45, 7) is 6.90. The van der Waals surface area contributed by atoms with Gasteiger partial charge in [0.2, 0.25) is 0 Å². The van der Waals surface area contributed by atoms with Gasteiger partial charge in [-0.1, -0.05) is 24.3 Å². The molecule has 1 saturated heterocycles. The lowest BCUT2D eigenvalue weighted by molar-refractivity contribution is -0.0408. The Balaban J connectivity index is 1.39. The summed E-state index contributed by atoms with van der Waals surface area (Å²) in [7, 11) is 0. The van der Waals surface area contributed by atoms with Crippen molar-refractivity contribution < 1.29 is 4.74 Å². The number of rotatable bonds is 4. The summed E-state index contributed by atoms with van der Waals surface area (Å²) in [6.07, 6.45) is 5.58. The molecular formula is C19H26N4O.